The van der Waals surface area contributed by atoms with Crippen molar-refractivity contribution in [3.05, 3.63) is 37.5 Å². The van der Waals surface area contributed by atoms with Gasteiger partial charge in [-0.15, -0.1) is 0 Å². The standard InChI is InChI=1S/C11H12I2O2S/c1-9-2-4-11(5-3-9)16(14,15)7-6-10(13)8-12/h2-5,8H,6-7H2,1H3/b10-8+. The molecule has 0 heterocycles. The van der Waals surface area contributed by atoms with Crippen molar-refractivity contribution in [2.75, 3.05) is 5.75 Å². The van der Waals surface area contributed by atoms with Crippen molar-refractivity contribution in [2.24, 2.45) is 0 Å². The number of sulfone groups is 1. The van der Waals surface area contributed by atoms with Crippen molar-refractivity contribution in [3.8, 4) is 0 Å². The van der Waals surface area contributed by atoms with Crippen LogP contribution in [0.1, 0.15) is 12.0 Å². The average Bonchev–Trinajstić information content (AvgIpc) is 2.26. The van der Waals surface area contributed by atoms with Crippen LogP contribution in [0, 0.1) is 6.92 Å². The molecule has 0 atom stereocenters. The van der Waals surface area contributed by atoms with Crippen molar-refractivity contribution in [2.45, 2.75) is 18.2 Å². The van der Waals surface area contributed by atoms with Gasteiger partial charge in [0.2, 0.25) is 0 Å². The third-order valence-electron chi connectivity index (χ3n) is 2.11. The third-order valence-corrected chi connectivity index (χ3v) is 6.63. The highest BCUT2D eigenvalue weighted by molar-refractivity contribution is 14.1. The molecule has 0 aliphatic carbocycles. The van der Waals surface area contributed by atoms with E-state index in [1.807, 2.05) is 23.1 Å². The molecular formula is C11H12I2O2S. The van der Waals surface area contributed by atoms with Crippen LogP contribution in [0.5, 0.6) is 0 Å². The lowest BCUT2D eigenvalue weighted by molar-refractivity contribution is 0.595. The van der Waals surface area contributed by atoms with E-state index in [0.29, 0.717) is 11.3 Å². The molecule has 5 heteroatoms. The summed E-state index contributed by atoms with van der Waals surface area (Å²) in [6, 6.07) is 6.99. The van der Waals surface area contributed by atoms with Crippen molar-refractivity contribution in [1.29, 1.82) is 0 Å². The Morgan fingerprint density at radius 1 is 1.31 bits per heavy atom. The first-order valence-corrected chi connectivity index (χ1v) is 8.67. The number of allylic oxidation sites excluding steroid dienone is 1. The predicted octanol–water partition coefficient (Wildman–Crippen LogP) is 3.87. The van der Waals surface area contributed by atoms with E-state index in [1.54, 1.807) is 12.1 Å². The van der Waals surface area contributed by atoms with Gasteiger partial charge in [-0.25, -0.2) is 8.42 Å². The summed E-state index contributed by atoms with van der Waals surface area (Å²) in [6.45, 7) is 1.94. The molecule has 1 rings (SSSR count). The largest absolute Gasteiger partial charge is 0.224 e. The monoisotopic (exact) mass is 462 g/mol. The molecule has 88 valence electrons. The molecule has 0 aliphatic heterocycles. The molecule has 0 aromatic heterocycles. The third kappa shape index (κ3) is 4.33. The zero-order chi connectivity index (χ0) is 12.2. The lowest BCUT2D eigenvalue weighted by Gasteiger charge is -2.04. The van der Waals surface area contributed by atoms with Gasteiger partial charge in [0.25, 0.3) is 0 Å². The molecule has 0 unspecified atom stereocenters. The van der Waals surface area contributed by atoms with E-state index in [0.717, 1.165) is 9.14 Å². The highest BCUT2D eigenvalue weighted by Crippen LogP contribution is 2.19. The van der Waals surface area contributed by atoms with Crippen LogP contribution in [-0.2, 0) is 9.84 Å². The molecule has 2 nitrogen and oxygen atoms in total. The van der Waals surface area contributed by atoms with E-state index in [4.69, 9.17) is 0 Å². The summed E-state index contributed by atoms with van der Waals surface area (Å²) >= 11 is 4.28. The summed E-state index contributed by atoms with van der Waals surface area (Å²) in [7, 11) is -3.13. The van der Waals surface area contributed by atoms with Crippen molar-refractivity contribution >= 4 is 55.0 Å². The van der Waals surface area contributed by atoms with Crippen LogP contribution in [0.15, 0.2) is 36.8 Å². The number of benzene rings is 1. The molecule has 0 radical (unpaired) electrons. The van der Waals surface area contributed by atoms with E-state index >= 15 is 0 Å². The minimum atomic E-state index is -3.13. The molecule has 0 saturated heterocycles. The molecule has 16 heavy (non-hydrogen) atoms. The SMILES string of the molecule is Cc1ccc(S(=O)(=O)CC/C(I)=C\I)cc1. The van der Waals surface area contributed by atoms with Gasteiger partial charge < -0.3 is 0 Å². The Hall–Kier alpha value is 0.370. The van der Waals surface area contributed by atoms with Gasteiger partial charge >= 0.3 is 0 Å². The predicted molar refractivity (Wildman–Crippen MR) is 84.0 cm³/mol. The molecule has 0 fully saturated rings. The maximum Gasteiger partial charge on any atom is 0.178 e. The number of hydrogen-bond acceptors (Lipinski definition) is 2. The van der Waals surface area contributed by atoms with Gasteiger partial charge in [-0.05, 0) is 55.7 Å². The van der Waals surface area contributed by atoms with Crippen molar-refractivity contribution < 1.29 is 8.42 Å². The Kier molecular flexibility index (Phi) is 5.72. The Labute approximate surface area is 124 Å². The van der Waals surface area contributed by atoms with E-state index < -0.39 is 9.84 Å². The lowest BCUT2D eigenvalue weighted by atomic mass is 10.2. The summed E-state index contributed by atoms with van der Waals surface area (Å²) in [6.07, 6.45) is 0.583. The van der Waals surface area contributed by atoms with Crippen molar-refractivity contribution in [1.82, 2.24) is 0 Å². The fourth-order valence-corrected chi connectivity index (χ4v) is 3.37. The van der Waals surface area contributed by atoms with Crippen molar-refractivity contribution in [3.63, 3.8) is 0 Å². The van der Waals surface area contributed by atoms with Gasteiger partial charge in [0.15, 0.2) is 9.84 Å². The summed E-state index contributed by atoms with van der Waals surface area (Å²) < 4.78 is 26.8. The number of hydrogen-bond donors (Lipinski definition) is 0. The fraction of sp³-hybridized carbons (Fsp3) is 0.273. The molecule has 0 bridgehead atoms. The second-order valence-electron chi connectivity index (χ2n) is 3.44. The molecule has 0 N–H and O–H groups in total. The van der Waals surface area contributed by atoms with Gasteiger partial charge in [0, 0.05) is 0 Å². The summed E-state index contributed by atoms with van der Waals surface area (Å²) in [5.74, 6) is 0.174. The van der Waals surface area contributed by atoms with Crippen LogP contribution < -0.4 is 0 Å². The van der Waals surface area contributed by atoms with E-state index in [9.17, 15) is 8.42 Å². The minimum absolute atomic E-state index is 0.174. The smallest absolute Gasteiger partial charge is 0.178 e. The zero-order valence-electron chi connectivity index (χ0n) is 8.78. The number of halogens is 2. The molecule has 0 aliphatic rings. The van der Waals surface area contributed by atoms with Gasteiger partial charge in [-0.1, -0.05) is 40.3 Å². The van der Waals surface area contributed by atoms with Crippen LogP contribution in [0.3, 0.4) is 0 Å². The van der Waals surface area contributed by atoms with Crippen LogP contribution in [0.2, 0.25) is 0 Å². The quantitative estimate of drug-likeness (QED) is 0.638. The maximum atomic E-state index is 11.9. The molecule has 0 amide bonds. The first-order chi connectivity index (χ1) is 7.45. The molecular weight excluding hydrogens is 450 g/mol. The van der Waals surface area contributed by atoms with Gasteiger partial charge in [0.05, 0.1) is 10.6 Å². The van der Waals surface area contributed by atoms with Gasteiger partial charge in [0.1, 0.15) is 0 Å². The second-order valence-corrected chi connectivity index (χ2v) is 7.56. The lowest BCUT2D eigenvalue weighted by Crippen LogP contribution is -2.06. The fourth-order valence-electron chi connectivity index (χ4n) is 1.15. The van der Waals surface area contributed by atoms with E-state index in [2.05, 4.69) is 45.2 Å². The van der Waals surface area contributed by atoms with E-state index in [1.165, 1.54) is 0 Å². The minimum Gasteiger partial charge on any atom is -0.224 e. The Morgan fingerprint density at radius 3 is 2.38 bits per heavy atom. The molecule has 0 spiro atoms. The zero-order valence-corrected chi connectivity index (χ0v) is 13.9. The van der Waals surface area contributed by atoms with Crippen LogP contribution in [0.4, 0.5) is 0 Å². The first kappa shape index (κ1) is 14.4. The molecule has 1 aromatic rings. The van der Waals surface area contributed by atoms with Gasteiger partial charge in [-0.2, -0.15) is 0 Å². The van der Waals surface area contributed by atoms with Crippen LogP contribution in [-0.4, -0.2) is 14.2 Å². The normalized spacial score (nSPS) is 12.8. The Bertz CT molecular complexity index is 475. The first-order valence-electron chi connectivity index (χ1n) is 4.70. The maximum absolute atomic E-state index is 11.9. The molecule has 0 saturated carbocycles. The number of aryl methyl sites for hydroxylation is 1. The number of rotatable bonds is 4. The van der Waals surface area contributed by atoms with Crippen LogP contribution >= 0.6 is 45.2 Å². The Balaban J connectivity index is 2.82. The topological polar surface area (TPSA) is 34.1 Å². The van der Waals surface area contributed by atoms with E-state index in [-0.39, 0.29) is 5.75 Å². The summed E-state index contributed by atoms with van der Waals surface area (Å²) in [5.41, 5.74) is 1.07. The molecule has 1 aromatic carbocycles. The second kappa shape index (κ2) is 6.34. The van der Waals surface area contributed by atoms with Crippen LogP contribution in [0.25, 0.3) is 0 Å². The highest BCUT2D eigenvalue weighted by atomic mass is 127. The summed E-state index contributed by atoms with van der Waals surface area (Å²) in [5, 5.41) is 0. The highest BCUT2D eigenvalue weighted by Gasteiger charge is 2.13. The Morgan fingerprint density at radius 2 is 1.88 bits per heavy atom. The van der Waals surface area contributed by atoms with Gasteiger partial charge in [-0.3, -0.25) is 0 Å². The summed E-state index contributed by atoms with van der Waals surface area (Å²) in [4.78, 5) is 0.413. The average molecular weight is 462 g/mol.